The number of fused-ring (bicyclic) bond motifs is 1. The van der Waals surface area contributed by atoms with Gasteiger partial charge in [-0.1, -0.05) is 36.4 Å². The van der Waals surface area contributed by atoms with Gasteiger partial charge in [0.1, 0.15) is 0 Å². The summed E-state index contributed by atoms with van der Waals surface area (Å²) in [5.41, 5.74) is 3.90. The first kappa shape index (κ1) is 25.5. The van der Waals surface area contributed by atoms with E-state index in [9.17, 15) is 9.59 Å². The fraction of sp³-hybridized carbons (Fsp3) is 0.241. The van der Waals surface area contributed by atoms with Crippen LogP contribution in [0.25, 0.3) is 22.2 Å². The molecule has 38 heavy (non-hydrogen) atoms. The van der Waals surface area contributed by atoms with E-state index in [1.54, 1.807) is 30.5 Å². The van der Waals surface area contributed by atoms with Gasteiger partial charge >= 0.3 is 0 Å². The first-order valence-corrected chi connectivity index (χ1v) is 13.0. The Morgan fingerprint density at radius 1 is 1.11 bits per heavy atom. The highest BCUT2D eigenvalue weighted by molar-refractivity contribution is 6.33. The van der Waals surface area contributed by atoms with E-state index in [2.05, 4.69) is 44.2 Å². The molecule has 0 aliphatic heterocycles. The van der Waals surface area contributed by atoms with Crippen molar-refractivity contribution in [3.8, 4) is 11.3 Å². The van der Waals surface area contributed by atoms with Gasteiger partial charge in [0.15, 0.2) is 0 Å². The lowest BCUT2D eigenvalue weighted by atomic mass is 9.91. The van der Waals surface area contributed by atoms with E-state index in [1.807, 2.05) is 25.4 Å². The van der Waals surface area contributed by atoms with Crippen molar-refractivity contribution < 1.29 is 9.59 Å². The summed E-state index contributed by atoms with van der Waals surface area (Å²) in [6, 6.07) is 15.1. The molecule has 2 atom stereocenters. The number of nitrogens with one attached hydrogen (secondary N) is 3. The van der Waals surface area contributed by atoms with Crippen LogP contribution in [-0.2, 0) is 11.8 Å². The van der Waals surface area contributed by atoms with E-state index in [0.717, 1.165) is 42.1 Å². The monoisotopic (exact) mass is 528 g/mol. The Bertz CT molecular complexity index is 1500. The van der Waals surface area contributed by atoms with Crippen LogP contribution in [0.5, 0.6) is 0 Å². The van der Waals surface area contributed by atoms with Gasteiger partial charge < -0.3 is 20.5 Å². The summed E-state index contributed by atoms with van der Waals surface area (Å²) in [7, 11) is 2.01. The molecule has 2 aromatic heterocycles. The highest BCUT2D eigenvalue weighted by atomic mass is 35.5. The average Bonchev–Trinajstić information content (AvgIpc) is 3.26. The number of aryl methyl sites for hydroxylation is 1. The van der Waals surface area contributed by atoms with Gasteiger partial charge in [-0.2, -0.15) is 0 Å². The van der Waals surface area contributed by atoms with Crippen LogP contribution in [0.2, 0.25) is 5.02 Å². The van der Waals surface area contributed by atoms with Crippen LogP contribution in [0.4, 0.5) is 11.6 Å². The van der Waals surface area contributed by atoms with Gasteiger partial charge in [0.05, 0.1) is 16.9 Å². The number of anilines is 2. The van der Waals surface area contributed by atoms with Crippen molar-refractivity contribution in [1.29, 1.82) is 0 Å². The minimum absolute atomic E-state index is 0.0266. The first-order chi connectivity index (χ1) is 18.4. The maximum atomic E-state index is 12.8. The molecule has 0 radical (unpaired) electrons. The zero-order valence-corrected chi connectivity index (χ0v) is 21.8. The third kappa shape index (κ3) is 5.55. The van der Waals surface area contributed by atoms with E-state index < -0.39 is 0 Å². The molecule has 3 N–H and O–H groups in total. The van der Waals surface area contributed by atoms with E-state index in [-0.39, 0.29) is 23.9 Å². The van der Waals surface area contributed by atoms with Gasteiger partial charge in [-0.3, -0.25) is 9.59 Å². The third-order valence-electron chi connectivity index (χ3n) is 6.84. The van der Waals surface area contributed by atoms with Crippen LogP contribution in [0, 0.1) is 0 Å². The predicted molar refractivity (Wildman–Crippen MR) is 151 cm³/mol. The number of hydrogen-bond acceptors (Lipinski definition) is 5. The van der Waals surface area contributed by atoms with Crippen LogP contribution in [0.1, 0.15) is 36.0 Å². The second-order valence-electron chi connectivity index (χ2n) is 9.51. The third-order valence-corrected chi connectivity index (χ3v) is 7.12. The van der Waals surface area contributed by atoms with E-state index in [4.69, 9.17) is 16.6 Å². The summed E-state index contributed by atoms with van der Waals surface area (Å²) < 4.78 is 2.06. The quantitative estimate of drug-likeness (QED) is 0.272. The number of para-hydroxylation sites is 1. The zero-order valence-electron chi connectivity index (χ0n) is 21.1. The summed E-state index contributed by atoms with van der Waals surface area (Å²) in [6.45, 7) is 3.44. The molecule has 1 aliphatic rings. The Balaban J connectivity index is 1.25. The highest BCUT2D eigenvalue weighted by Gasteiger charge is 2.25. The number of halogens is 1. The molecule has 1 fully saturated rings. The fourth-order valence-corrected chi connectivity index (χ4v) is 5.15. The standard InChI is InChI=1S/C29H29ClN6O2/c1-3-26(37)32-19-13-11-18(12-14-19)28(38)33-20-7-6-8-21(15-20)34-29-31-16-24(30)27(35-29)23-17-36(2)25-10-5-4-9-22(23)25/h3-5,9-14,16-17,20-21H,1,6-8,15H2,2H3,(H,32,37)(H,33,38)(H,31,34,35)/t20-,21+/m0/s1. The Morgan fingerprint density at radius 2 is 1.87 bits per heavy atom. The number of aromatic nitrogens is 3. The molecule has 2 amide bonds. The molecule has 194 valence electrons. The number of benzene rings is 2. The Morgan fingerprint density at radius 3 is 2.66 bits per heavy atom. The van der Waals surface area contributed by atoms with Gasteiger partial charge in [-0.15, -0.1) is 0 Å². The minimum Gasteiger partial charge on any atom is -0.351 e. The van der Waals surface area contributed by atoms with E-state index in [0.29, 0.717) is 27.9 Å². The highest BCUT2D eigenvalue weighted by Crippen LogP contribution is 2.34. The van der Waals surface area contributed by atoms with E-state index in [1.165, 1.54) is 6.08 Å². The average molecular weight is 529 g/mol. The van der Waals surface area contributed by atoms with Crippen molar-refractivity contribution in [3.63, 3.8) is 0 Å². The van der Waals surface area contributed by atoms with Crippen molar-refractivity contribution in [3.05, 3.63) is 84.2 Å². The maximum absolute atomic E-state index is 12.8. The van der Waals surface area contributed by atoms with Crippen molar-refractivity contribution in [2.75, 3.05) is 10.6 Å². The molecule has 0 saturated heterocycles. The van der Waals surface area contributed by atoms with Gasteiger partial charge in [-0.05, 0) is 62.1 Å². The largest absolute Gasteiger partial charge is 0.351 e. The first-order valence-electron chi connectivity index (χ1n) is 12.6. The molecule has 1 aliphatic carbocycles. The molecule has 0 unspecified atom stereocenters. The molecule has 0 bridgehead atoms. The van der Waals surface area contributed by atoms with Crippen LogP contribution < -0.4 is 16.0 Å². The van der Waals surface area contributed by atoms with Crippen LogP contribution in [-0.4, -0.2) is 38.4 Å². The molecule has 8 nitrogen and oxygen atoms in total. The summed E-state index contributed by atoms with van der Waals surface area (Å²) in [5.74, 6) is 0.0848. The van der Waals surface area contributed by atoms with E-state index >= 15 is 0 Å². The molecule has 0 spiro atoms. The minimum atomic E-state index is -0.295. The number of nitrogens with zero attached hydrogens (tertiary/aromatic N) is 3. The normalized spacial score (nSPS) is 17.1. The molecular formula is C29H29ClN6O2. The molecule has 9 heteroatoms. The Labute approximate surface area is 226 Å². The summed E-state index contributed by atoms with van der Waals surface area (Å²) in [5, 5.41) is 10.9. The van der Waals surface area contributed by atoms with Crippen molar-refractivity contribution in [2.45, 2.75) is 37.8 Å². The molecular weight excluding hydrogens is 500 g/mol. The Hall–Kier alpha value is -4.17. The van der Waals surface area contributed by atoms with Crippen molar-refractivity contribution in [2.24, 2.45) is 7.05 Å². The summed E-state index contributed by atoms with van der Waals surface area (Å²) in [4.78, 5) is 33.5. The Kier molecular flexibility index (Phi) is 7.42. The second-order valence-corrected chi connectivity index (χ2v) is 9.92. The second kappa shape index (κ2) is 11.1. The van der Waals surface area contributed by atoms with Gasteiger partial charge in [0, 0.05) is 53.0 Å². The lowest BCUT2D eigenvalue weighted by molar-refractivity contribution is -0.111. The molecule has 2 heterocycles. The molecule has 4 aromatic rings. The lowest BCUT2D eigenvalue weighted by Gasteiger charge is -2.30. The maximum Gasteiger partial charge on any atom is 0.251 e. The van der Waals surface area contributed by atoms with Gasteiger partial charge in [-0.25, -0.2) is 9.97 Å². The SMILES string of the molecule is C=CC(=O)Nc1ccc(C(=O)N[C@H]2CCC[C@@H](Nc3ncc(Cl)c(-c4cn(C)c5ccccc45)n3)C2)cc1. The van der Waals surface area contributed by atoms with Crippen LogP contribution >= 0.6 is 11.6 Å². The summed E-state index contributed by atoms with van der Waals surface area (Å²) in [6.07, 6.45) is 8.47. The van der Waals surface area contributed by atoms with Crippen molar-refractivity contribution in [1.82, 2.24) is 19.9 Å². The van der Waals surface area contributed by atoms with Gasteiger partial charge in [0.2, 0.25) is 11.9 Å². The molecule has 2 aromatic carbocycles. The molecule has 5 rings (SSSR count). The summed E-state index contributed by atoms with van der Waals surface area (Å²) >= 11 is 6.53. The smallest absolute Gasteiger partial charge is 0.251 e. The van der Waals surface area contributed by atoms with Crippen molar-refractivity contribution >= 4 is 46.0 Å². The number of rotatable bonds is 7. The topological polar surface area (TPSA) is 101 Å². The van der Waals surface area contributed by atoms with Gasteiger partial charge in [0.25, 0.3) is 5.91 Å². The zero-order chi connectivity index (χ0) is 26.6. The fourth-order valence-electron chi connectivity index (χ4n) is 4.96. The number of amides is 2. The number of carbonyl (C=O) groups is 2. The number of hydrogen-bond donors (Lipinski definition) is 3. The van der Waals surface area contributed by atoms with Crippen LogP contribution in [0.15, 0.2) is 73.6 Å². The molecule has 1 saturated carbocycles. The lowest BCUT2D eigenvalue weighted by Crippen LogP contribution is -2.42. The predicted octanol–water partition coefficient (Wildman–Crippen LogP) is 5.57. The number of carbonyl (C=O) groups excluding carboxylic acids is 2. The van der Waals surface area contributed by atoms with Crippen LogP contribution in [0.3, 0.4) is 0 Å².